The molecule has 0 spiro atoms. The fraction of sp³-hybridized carbons (Fsp3) is 0.889. The van der Waals surface area contributed by atoms with E-state index >= 15 is 0 Å². The summed E-state index contributed by atoms with van der Waals surface area (Å²) in [5.74, 6) is 1.72. The highest BCUT2D eigenvalue weighted by molar-refractivity contribution is 5.61. The fourth-order valence-corrected chi connectivity index (χ4v) is 2.25. The van der Waals surface area contributed by atoms with Crippen molar-refractivity contribution < 1.29 is 0 Å². The molecular formula is C9H16N2. The summed E-state index contributed by atoms with van der Waals surface area (Å²) in [5.41, 5.74) is 3.07. The van der Waals surface area contributed by atoms with Crippen molar-refractivity contribution in [2.45, 2.75) is 32.1 Å². The van der Waals surface area contributed by atoms with Gasteiger partial charge in [-0.25, -0.2) is 0 Å². The highest BCUT2D eigenvalue weighted by atomic mass is 15.3. The van der Waals surface area contributed by atoms with E-state index in [1.807, 2.05) is 0 Å². The minimum absolute atomic E-state index is 0.791. The molecule has 62 valence electrons. The fourth-order valence-electron chi connectivity index (χ4n) is 2.25. The molecule has 0 saturated heterocycles. The lowest BCUT2D eigenvalue weighted by atomic mass is 9.78. The summed E-state index contributed by atoms with van der Waals surface area (Å²) >= 11 is 0. The Balaban J connectivity index is 2.02. The number of fused-ring (bicyclic) bond motifs is 1. The van der Waals surface area contributed by atoms with Gasteiger partial charge in [-0.1, -0.05) is 12.8 Å². The third-order valence-corrected chi connectivity index (χ3v) is 2.95. The maximum absolute atomic E-state index is 4.18. The number of hydrogen-bond acceptors (Lipinski definition) is 2. The van der Waals surface area contributed by atoms with E-state index in [1.54, 1.807) is 0 Å². The molecule has 2 unspecified atom stereocenters. The molecule has 0 aromatic heterocycles. The van der Waals surface area contributed by atoms with Gasteiger partial charge >= 0.3 is 0 Å². The van der Waals surface area contributed by atoms with Crippen LogP contribution in [-0.4, -0.2) is 12.8 Å². The first-order chi connectivity index (χ1) is 5.47. The van der Waals surface area contributed by atoms with Crippen molar-refractivity contribution in [2.24, 2.45) is 16.9 Å². The molecule has 2 atom stereocenters. The van der Waals surface area contributed by atoms with Crippen LogP contribution in [0.1, 0.15) is 32.1 Å². The van der Waals surface area contributed by atoms with E-state index < -0.39 is 0 Å². The van der Waals surface area contributed by atoms with Gasteiger partial charge < -0.3 is 5.43 Å². The van der Waals surface area contributed by atoms with Crippen LogP contribution in [0, 0.1) is 11.8 Å². The summed E-state index contributed by atoms with van der Waals surface area (Å²) in [6.07, 6.45) is 9.11. The zero-order valence-corrected chi connectivity index (χ0v) is 6.92. The van der Waals surface area contributed by atoms with Gasteiger partial charge in [-0.05, 0) is 31.1 Å². The Morgan fingerprint density at radius 1 is 1.18 bits per heavy atom. The lowest BCUT2D eigenvalue weighted by molar-refractivity contribution is 0.294. The van der Waals surface area contributed by atoms with E-state index in [0.717, 1.165) is 18.4 Å². The summed E-state index contributed by atoms with van der Waals surface area (Å²) in [6, 6.07) is 0. The zero-order chi connectivity index (χ0) is 7.52. The second kappa shape index (κ2) is 3.24. The molecule has 2 aliphatic rings. The van der Waals surface area contributed by atoms with Gasteiger partial charge in [-0.2, -0.15) is 5.10 Å². The van der Waals surface area contributed by atoms with Crippen molar-refractivity contribution in [3.8, 4) is 0 Å². The maximum atomic E-state index is 4.18. The van der Waals surface area contributed by atoms with Gasteiger partial charge in [0.25, 0.3) is 0 Å². The minimum Gasteiger partial charge on any atom is -0.310 e. The highest BCUT2D eigenvalue weighted by Crippen LogP contribution is 2.31. The first-order valence-electron chi connectivity index (χ1n) is 4.73. The molecule has 1 aliphatic heterocycles. The molecule has 0 bridgehead atoms. The third-order valence-electron chi connectivity index (χ3n) is 2.95. The van der Waals surface area contributed by atoms with Gasteiger partial charge in [0.1, 0.15) is 0 Å². The van der Waals surface area contributed by atoms with Crippen molar-refractivity contribution in [2.75, 3.05) is 6.54 Å². The van der Waals surface area contributed by atoms with Crippen LogP contribution < -0.4 is 5.43 Å². The number of hydrazone groups is 1. The quantitative estimate of drug-likeness (QED) is 0.562. The number of hydrogen-bond donors (Lipinski definition) is 1. The second-order valence-corrected chi connectivity index (χ2v) is 3.68. The van der Waals surface area contributed by atoms with E-state index in [0.29, 0.717) is 0 Å². The van der Waals surface area contributed by atoms with E-state index in [4.69, 9.17) is 0 Å². The SMILES string of the molecule is C1=NNCCC2CCCCC12. The molecule has 1 heterocycles. The number of nitrogens with zero attached hydrogens (tertiary/aromatic N) is 1. The summed E-state index contributed by atoms with van der Waals surface area (Å²) in [7, 11) is 0. The molecule has 1 N–H and O–H groups in total. The minimum atomic E-state index is 0.791. The van der Waals surface area contributed by atoms with Crippen molar-refractivity contribution in [3.63, 3.8) is 0 Å². The predicted molar refractivity (Wildman–Crippen MR) is 46.6 cm³/mol. The Hall–Kier alpha value is -0.530. The molecular weight excluding hydrogens is 136 g/mol. The van der Waals surface area contributed by atoms with Crippen LogP contribution in [0.15, 0.2) is 5.10 Å². The maximum Gasteiger partial charge on any atom is 0.0332 e. The molecule has 11 heavy (non-hydrogen) atoms. The van der Waals surface area contributed by atoms with Crippen molar-refractivity contribution in [1.29, 1.82) is 0 Å². The Kier molecular flexibility index (Phi) is 2.11. The Morgan fingerprint density at radius 3 is 3.09 bits per heavy atom. The third kappa shape index (κ3) is 1.55. The normalized spacial score (nSPS) is 37.1. The van der Waals surface area contributed by atoms with E-state index in [2.05, 4.69) is 16.7 Å². The van der Waals surface area contributed by atoms with Crippen LogP contribution in [0.25, 0.3) is 0 Å². The van der Waals surface area contributed by atoms with Gasteiger partial charge in [0, 0.05) is 12.8 Å². The molecule has 2 heteroatoms. The molecule has 0 aromatic carbocycles. The Morgan fingerprint density at radius 2 is 2.09 bits per heavy atom. The lowest BCUT2D eigenvalue weighted by Crippen LogP contribution is -2.20. The van der Waals surface area contributed by atoms with Gasteiger partial charge in [-0.3, -0.25) is 0 Å². The Labute approximate surface area is 68.1 Å². The highest BCUT2D eigenvalue weighted by Gasteiger charge is 2.24. The van der Waals surface area contributed by atoms with Gasteiger partial charge in [0.05, 0.1) is 0 Å². The number of nitrogens with one attached hydrogen (secondary N) is 1. The van der Waals surface area contributed by atoms with E-state index in [9.17, 15) is 0 Å². The van der Waals surface area contributed by atoms with E-state index in [1.165, 1.54) is 32.1 Å². The zero-order valence-electron chi connectivity index (χ0n) is 6.92. The standard InChI is InChI=1S/C9H16N2/c1-2-4-9-7-11-10-6-5-8(9)3-1/h7-10H,1-6H2. The molecule has 0 amide bonds. The first kappa shape index (κ1) is 7.14. The summed E-state index contributed by atoms with van der Waals surface area (Å²) in [4.78, 5) is 0. The largest absolute Gasteiger partial charge is 0.310 e. The lowest BCUT2D eigenvalue weighted by Gasteiger charge is -2.26. The van der Waals surface area contributed by atoms with Crippen molar-refractivity contribution >= 4 is 6.21 Å². The summed E-state index contributed by atoms with van der Waals surface area (Å²) in [5, 5.41) is 4.18. The summed E-state index contributed by atoms with van der Waals surface area (Å²) in [6.45, 7) is 1.08. The topological polar surface area (TPSA) is 24.4 Å². The second-order valence-electron chi connectivity index (χ2n) is 3.68. The first-order valence-corrected chi connectivity index (χ1v) is 4.73. The van der Waals surface area contributed by atoms with Crippen LogP contribution in [0.3, 0.4) is 0 Å². The van der Waals surface area contributed by atoms with Gasteiger partial charge in [0.2, 0.25) is 0 Å². The predicted octanol–water partition coefficient (Wildman–Crippen LogP) is 1.77. The smallest absolute Gasteiger partial charge is 0.0332 e. The molecule has 0 radical (unpaired) electrons. The molecule has 2 rings (SSSR count). The number of rotatable bonds is 0. The van der Waals surface area contributed by atoms with Crippen molar-refractivity contribution in [1.82, 2.24) is 5.43 Å². The monoisotopic (exact) mass is 152 g/mol. The van der Waals surface area contributed by atoms with Gasteiger partial charge in [0.15, 0.2) is 0 Å². The van der Waals surface area contributed by atoms with Gasteiger partial charge in [-0.15, -0.1) is 0 Å². The van der Waals surface area contributed by atoms with Crippen LogP contribution in [0.4, 0.5) is 0 Å². The van der Waals surface area contributed by atoms with Crippen LogP contribution in [0.5, 0.6) is 0 Å². The molecule has 1 saturated carbocycles. The molecule has 1 aliphatic carbocycles. The molecule has 2 nitrogen and oxygen atoms in total. The molecule has 1 fully saturated rings. The summed E-state index contributed by atoms with van der Waals surface area (Å²) < 4.78 is 0. The van der Waals surface area contributed by atoms with Crippen LogP contribution in [-0.2, 0) is 0 Å². The average molecular weight is 152 g/mol. The average Bonchev–Trinajstić information content (AvgIpc) is 2.28. The van der Waals surface area contributed by atoms with E-state index in [-0.39, 0.29) is 0 Å². The van der Waals surface area contributed by atoms with Crippen LogP contribution >= 0.6 is 0 Å². The molecule has 0 aromatic rings. The van der Waals surface area contributed by atoms with Crippen molar-refractivity contribution in [3.05, 3.63) is 0 Å². The van der Waals surface area contributed by atoms with Crippen LogP contribution in [0.2, 0.25) is 0 Å². The Bertz CT molecular complexity index is 154.